The molecule has 1 aliphatic rings. The zero-order chi connectivity index (χ0) is 18.7. The largest absolute Gasteiger partial charge is 0.497 e. The van der Waals surface area contributed by atoms with Crippen LogP contribution in [0.4, 0.5) is 5.69 Å². The second kappa shape index (κ2) is 7.39. The summed E-state index contributed by atoms with van der Waals surface area (Å²) in [6, 6.07) is 16.4. The number of tetrazole rings is 1. The fourth-order valence-corrected chi connectivity index (χ4v) is 3.87. The van der Waals surface area contributed by atoms with Gasteiger partial charge in [-0.25, -0.2) is 0 Å². The lowest BCUT2D eigenvalue weighted by molar-refractivity contribution is 0.309. The summed E-state index contributed by atoms with van der Waals surface area (Å²) in [6.45, 7) is 2.10. The van der Waals surface area contributed by atoms with Crippen molar-refractivity contribution < 1.29 is 4.74 Å². The maximum atomic E-state index is 5.37. The van der Waals surface area contributed by atoms with Gasteiger partial charge in [-0.3, -0.25) is 0 Å². The van der Waals surface area contributed by atoms with Crippen molar-refractivity contribution in [2.24, 2.45) is 0 Å². The molecule has 140 valence electrons. The SMILES string of the molecule is COc1cccc(-n2nnnc2C2(Nc3ccc(C)cc3)CCCCC2)c1. The van der Waals surface area contributed by atoms with Crippen LogP contribution in [-0.4, -0.2) is 27.3 Å². The summed E-state index contributed by atoms with van der Waals surface area (Å²) < 4.78 is 7.21. The highest BCUT2D eigenvalue weighted by atomic mass is 16.5. The molecule has 1 N–H and O–H groups in total. The Morgan fingerprint density at radius 1 is 1.04 bits per heavy atom. The van der Waals surface area contributed by atoms with Crippen LogP contribution in [0.2, 0.25) is 0 Å². The average molecular weight is 363 g/mol. The number of aromatic nitrogens is 4. The molecule has 27 heavy (non-hydrogen) atoms. The number of hydrogen-bond donors (Lipinski definition) is 1. The van der Waals surface area contributed by atoms with E-state index in [-0.39, 0.29) is 5.54 Å². The number of aryl methyl sites for hydroxylation is 1. The molecule has 1 saturated carbocycles. The Morgan fingerprint density at radius 3 is 2.56 bits per heavy atom. The Morgan fingerprint density at radius 2 is 1.81 bits per heavy atom. The van der Waals surface area contributed by atoms with Crippen LogP contribution in [0.25, 0.3) is 5.69 Å². The van der Waals surface area contributed by atoms with Crippen LogP contribution in [0.5, 0.6) is 5.75 Å². The summed E-state index contributed by atoms with van der Waals surface area (Å²) in [6.07, 6.45) is 5.57. The lowest BCUT2D eigenvalue weighted by Crippen LogP contribution is -2.40. The first-order valence-corrected chi connectivity index (χ1v) is 9.48. The highest BCUT2D eigenvalue weighted by Gasteiger charge is 2.39. The summed E-state index contributed by atoms with van der Waals surface area (Å²) in [7, 11) is 1.67. The second-order valence-electron chi connectivity index (χ2n) is 7.25. The minimum atomic E-state index is -0.278. The third-order valence-corrected chi connectivity index (χ3v) is 5.34. The van der Waals surface area contributed by atoms with Crippen LogP contribution >= 0.6 is 0 Å². The number of benzene rings is 2. The van der Waals surface area contributed by atoms with Crippen LogP contribution in [0.3, 0.4) is 0 Å². The van der Waals surface area contributed by atoms with Gasteiger partial charge in [0.05, 0.1) is 18.3 Å². The van der Waals surface area contributed by atoms with Gasteiger partial charge in [-0.1, -0.05) is 43.0 Å². The smallest absolute Gasteiger partial charge is 0.181 e. The van der Waals surface area contributed by atoms with Crippen molar-refractivity contribution in [3.63, 3.8) is 0 Å². The van der Waals surface area contributed by atoms with Crippen molar-refractivity contribution in [2.45, 2.75) is 44.6 Å². The Kier molecular flexibility index (Phi) is 4.79. The van der Waals surface area contributed by atoms with Gasteiger partial charge in [-0.15, -0.1) is 5.10 Å². The highest BCUT2D eigenvalue weighted by Crippen LogP contribution is 2.39. The first-order chi connectivity index (χ1) is 13.2. The van der Waals surface area contributed by atoms with Crippen LogP contribution in [0, 0.1) is 6.92 Å². The molecule has 0 radical (unpaired) electrons. The molecule has 4 rings (SSSR count). The lowest BCUT2D eigenvalue weighted by atomic mass is 9.80. The number of methoxy groups -OCH3 is 1. The van der Waals surface area contributed by atoms with E-state index in [0.29, 0.717) is 0 Å². The number of nitrogens with zero attached hydrogens (tertiary/aromatic N) is 4. The maximum absolute atomic E-state index is 5.37. The van der Waals surface area contributed by atoms with Crippen molar-refractivity contribution in [1.29, 1.82) is 0 Å². The first-order valence-electron chi connectivity index (χ1n) is 9.48. The molecule has 3 aromatic rings. The zero-order valence-corrected chi connectivity index (χ0v) is 15.9. The van der Waals surface area contributed by atoms with Gasteiger partial charge in [0.1, 0.15) is 5.75 Å². The van der Waals surface area contributed by atoms with Crippen molar-refractivity contribution >= 4 is 5.69 Å². The molecule has 1 aliphatic carbocycles. The average Bonchev–Trinajstić information content (AvgIpc) is 3.21. The van der Waals surface area contributed by atoms with Crippen molar-refractivity contribution in [2.75, 3.05) is 12.4 Å². The van der Waals surface area contributed by atoms with Gasteiger partial charge in [-0.05, 0) is 54.5 Å². The number of ether oxygens (including phenoxy) is 1. The van der Waals surface area contributed by atoms with Crippen molar-refractivity contribution in [3.05, 3.63) is 59.9 Å². The molecule has 2 aromatic carbocycles. The molecular weight excluding hydrogens is 338 g/mol. The summed E-state index contributed by atoms with van der Waals surface area (Å²) in [5.41, 5.74) is 2.98. The van der Waals surface area contributed by atoms with Gasteiger partial charge < -0.3 is 10.1 Å². The molecule has 0 saturated heterocycles. The quantitative estimate of drug-likeness (QED) is 0.734. The molecule has 1 aromatic heterocycles. The maximum Gasteiger partial charge on any atom is 0.181 e. The van der Waals surface area contributed by atoms with Gasteiger partial charge in [0.15, 0.2) is 5.82 Å². The minimum absolute atomic E-state index is 0.278. The van der Waals surface area contributed by atoms with Gasteiger partial charge in [0.2, 0.25) is 0 Å². The predicted molar refractivity (Wildman–Crippen MR) is 105 cm³/mol. The summed E-state index contributed by atoms with van der Waals surface area (Å²) in [4.78, 5) is 0. The number of anilines is 1. The topological polar surface area (TPSA) is 64.9 Å². The Labute approximate surface area is 159 Å². The molecular formula is C21H25N5O. The van der Waals surface area contributed by atoms with Crippen LogP contribution in [-0.2, 0) is 5.54 Å². The third kappa shape index (κ3) is 3.52. The van der Waals surface area contributed by atoms with Crippen LogP contribution < -0.4 is 10.1 Å². The van der Waals surface area contributed by atoms with Gasteiger partial charge in [0.25, 0.3) is 0 Å². The number of hydrogen-bond acceptors (Lipinski definition) is 5. The zero-order valence-electron chi connectivity index (χ0n) is 15.9. The molecule has 0 aliphatic heterocycles. The van der Waals surface area contributed by atoms with Gasteiger partial charge in [0, 0.05) is 11.8 Å². The molecule has 0 bridgehead atoms. The van der Waals surface area contributed by atoms with E-state index in [1.807, 2.05) is 28.9 Å². The normalized spacial score (nSPS) is 16.1. The summed E-state index contributed by atoms with van der Waals surface area (Å²) >= 11 is 0. The highest BCUT2D eigenvalue weighted by molar-refractivity contribution is 5.49. The molecule has 1 heterocycles. The number of rotatable bonds is 5. The second-order valence-corrected chi connectivity index (χ2v) is 7.25. The van der Waals surface area contributed by atoms with Crippen molar-refractivity contribution in [3.8, 4) is 11.4 Å². The van der Waals surface area contributed by atoms with E-state index in [4.69, 9.17) is 4.74 Å². The van der Waals surface area contributed by atoms with E-state index in [0.717, 1.165) is 48.6 Å². The monoisotopic (exact) mass is 363 g/mol. The molecule has 6 nitrogen and oxygen atoms in total. The first kappa shape index (κ1) is 17.5. The fourth-order valence-electron chi connectivity index (χ4n) is 3.87. The predicted octanol–water partition coefficient (Wildman–Crippen LogP) is 4.25. The molecule has 0 spiro atoms. The lowest BCUT2D eigenvalue weighted by Gasteiger charge is -2.37. The Hall–Kier alpha value is -2.89. The van der Waals surface area contributed by atoms with E-state index in [2.05, 4.69) is 52.0 Å². The Balaban J connectivity index is 1.75. The van der Waals surface area contributed by atoms with E-state index in [1.165, 1.54) is 12.0 Å². The minimum Gasteiger partial charge on any atom is -0.497 e. The summed E-state index contributed by atoms with van der Waals surface area (Å²) in [5.74, 6) is 1.65. The van der Waals surface area contributed by atoms with Crippen molar-refractivity contribution in [1.82, 2.24) is 20.2 Å². The van der Waals surface area contributed by atoms with E-state index >= 15 is 0 Å². The van der Waals surface area contributed by atoms with Crippen LogP contribution in [0.15, 0.2) is 48.5 Å². The van der Waals surface area contributed by atoms with E-state index in [1.54, 1.807) is 7.11 Å². The summed E-state index contributed by atoms with van der Waals surface area (Å²) in [5, 5.41) is 16.5. The van der Waals surface area contributed by atoms with Crippen LogP contribution in [0.1, 0.15) is 43.5 Å². The van der Waals surface area contributed by atoms with Gasteiger partial charge in [-0.2, -0.15) is 4.68 Å². The van der Waals surface area contributed by atoms with Gasteiger partial charge >= 0.3 is 0 Å². The number of nitrogens with one attached hydrogen (secondary N) is 1. The molecule has 0 atom stereocenters. The molecule has 1 fully saturated rings. The standard InChI is InChI=1S/C21H25N5O/c1-16-9-11-17(12-10-16)22-21(13-4-3-5-14-21)20-23-24-25-26(20)18-7-6-8-19(15-18)27-2/h6-12,15,22H,3-5,13-14H2,1-2H3. The Bertz CT molecular complexity index is 897. The fraction of sp³-hybridized carbons (Fsp3) is 0.381. The third-order valence-electron chi connectivity index (χ3n) is 5.34. The molecule has 0 amide bonds. The molecule has 0 unspecified atom stereocenters. The molecule has 6 heteroatoms. The van der Waals surface area contributed by atoms with E-state index in [9.17, 15) is 0 Å². The van der Waals surface area contributed by atoms with E-state index < -0.39 is 0 Å².